The van der Waals surface area contributed by atoms with Crippen LogP contribution in [0.2, 0.25) is 0 Å². The number of benzene rings is 1. The molecule has 0 saturated carbocycles. The van der Waals surface area contributed by atoms with Crippen LogP contribution in [0, 0.1) is 0 Å². The first-order chi connectivity index (χ1) is 8.93. The molecule has 3 N–H and O–H groups in total. The number of fused-ring (bicyclic) bond motifs is 1. The molecule has 1 aliphatic rings. The highest BCUT2D eigenvalue weighted by atomic mass is 14.9. The molecule has 0 bridgehead atoms. The van der Waals surface area contributed by atoms with E-state index in [4.69, 9.17) is 0 Å². The van der Waals surface area contributed by atoms with Crippen molar-refractivity contribution in [2.45, 2.75) is 31.7 Å². The van der Waals surface area contributed by atoms with Crippen LogP contribution in [0.25, 0.3) is 10.9 Å². The van der Waals surface area contributed by atoms with Gasteiger partial charge in [0.15, 0.2) is 0 Å². The lowest BCUT2D eigenvalue weighted by atomic mass is 10.0. The van der Waals surface area contributed by atoms with Crippen molar-refractivity contribution < 1.29 is 0 Å². The third-order valence-electron chi connectivity index (χ3n) is 3.81. The number of aromatic nitrogens is 1. The average Bonchev–Trinajstić information content (AvgIpc) is 2.84. The van der Waals surface area contributed by atoms with Crippen LogP contribution in [0.4, 0.5) is 5.69 Å². The zero-order chi connectivity index (χ0) is 12.2. The topological polar surface area (TPSA) is 39.8 Å². The van der Waals surface area contributed by atoms with Gasteiger partial charge in [-0.3, -0.25) is 0 Å². The summed E-state index contributed by atoms with van der Waals surface area (Å²) in [5.41, 5.74) is 2.43. The van der Waals surface area contributed by atoms with Crippen LogP contribution >= 0.6 is 0 Å². The lowest BCUT2D eigenvalue weighted by Crippen LogP contribution is -2.35. The van der Waals surface area contributed by atoms with E-state index in [1.54, 1.807) is 0 Å². The van der Waals surface area contributed by atoms with Gasteiger partial charge in [0.25, 0.3) is 0 Å². The first kappa shape index (κ1) is 11.6. The van der Waals surface area contributed by atoms with Crippen LogP contribution in [0.3, 0.4) is 0 Å². The van der Waals surface area contributed by atoms with Crippen molar-refractivity contribution >= 4 is 16.6 Å². The Bertz CT molecular complexity index is 497. The zero-order valence-corrected chi connectivity index (χ0v) is 10.7. The third kappa shape index (κ3) is 2.51. The standard InChI is InChI=1S/C15H21N3/c1-2-7-14-13(6-1)15(11-18-14)17-10-8-12-5-3-4-9-16-12/h1-2,6-7,11-12,16-18H,3-5,8-10H2. The molecule has 2 heterocycles. The summed E-state index contributed by atoms with van der Waals surface area (Å²) in [6, 6.07) is 9.13. The van der Waals surface area contributed by atoms with Crippen molar-refractivity contribution in [2.75, 3.05) is 18.4 Å². The molecule has 1 aromatic heterocycles. The SMILES string of the molecule is c1ccc2c(NCCC3CCCCN3)c[nH]c2c1. The van der Waals surface area contributed by atoms with Gasteiger partial charge in [-0.2, -0.15) is 0 Å². The van der Waals surface area contributed by atoms with E-state index in [1.807, 2.05) is 0 Å². The Morgan fingerprint density at radius 2 is 2.17 bits per heavy atom. The third-order valence-corrected chi connectivity index (χ3v) is 3.81. The lowest BCUT2D eigenvalue weighted by Gasteiger charge is -2.23. The van der Waals surface area contributed by atoms with Crippen molar-refractivity contribution in [3.05, 3.63) is 30.5 Å². The fourth-order valence-electron chi connectivity index (χ4n) is 2.77. The van der Waals surface area contributed by atoms with Crippen LogP contribution in [0.5, 0.6) is 0 Å². The Morgan fingerprint density at radius 1 is 1.22 bits per heavy atom. The summed E-state index contributed by atoms with van der Waals surface area (Å²) in [7, 11) is 0. The molecule has 0 amide bonds. The van der Waals surface area contributed by atoms with Crippen molar-refractivity contribution in [3.8, 4) is 0 Å². The van der Waals surface area contributed by atoms with Gasteiger partial charge in [0.2, 0.25) is 0 Å². The smallest absolute Gasteiger partial charge is 0.0597 e. The molecule has 0 radical (unpaired) electrons. The summed E-state index contributed by atoms with van der Waals surface area (Å²) in [6.07, 6.45) is 7.32. The molecule has 96 valence electrons. The number of H-pyrrole nitrogens is 1. The minimum atomic E-state index is 0.705. The Morgan fingerprint density at radius 3 is 3.06 bits per heavy atom. The summed E-state index contributed by atoms with van der Waals surface area (Å²) in [4.78, 5) is 3.30. The number of hydrogen-bond acceptors (Lipinski definition) is 2. The number of anilines is 1. The summed E-state index contributed by atoms with van der Waals surface area (Å²) >= 11 is 0. The van der Waals surface area contributed by atoms with E-state index in [9.17, 15) is 0 Å². The molecular formula is C15H21N3. The second kappa shape index (κ2) is 5.44. The van der Waals surface area contributed by atoms with Gasteiger partial charge in [-0.15, -0.1) is 0 Å². The van der Waals surface area contributed by atoms with Crippen LogP contribution in [-0.4, -0.2) is 24.1 Å². The lowest BCUT2D eigenvalue weighted by molar-refractivity contribution is 0.389. The molecule has 1 atom stereocenters. The fraction of sp³-hybridized carbons (Fsp3) is 0.467. The molecule has 2 aromatic rings. The number of piperidine rings is 1. The number of rotatable bonds is 4. The second-order valence-corrected chi connectivity index (χ2v) is 5.11. The van der Waals surface area contributed by atoms with Crippen LogP contribution < -0.4 is 10.6 Å². The summed E-state index contributed by atoms with van der Waals surface area (Å²) in [5, 5.41) is 8.42. The van der Waals surface area contributed by atoms with Crippen LogP contribution in [0.15, 0.2) is 30.5 Å². The van der Waals surface area contributed by atoms with E-state index in [0.717, 1.165) is 6.54 Å². The van der Waals surface area contributed by atoms with Crippen LogP contribution in [-0.2, 0) is 0 Å². The maximum atomic E-state index is 3.59. The molecule has 0 spiro atoms. The molecule has 18 heavy (non-hydrogen) atoms. The highest BCUT2D eigenvalue weighted by Gasteiger charge is 2.11. The van der Waals surface area contributed by atoms with E-state index < -0.39 is 0 Å². The summed E-state index contributed by atoms with van der Waals surface area (Å²) in [6.45, 7) is 2.23. The number of aromatic amines is 1. The second-order valence-electron chi connectivity index (χ2n) is 5.11. The van der Waals surface area contributed by atoms with E-state index in [1.165, 1.54) is 48.8 Å². The number of hydrogen-bond donors (Lipinski definition) is 3. The number of nitrogens with one attached hydrogen (secondary N) is 3. The quantitative estimate of drug-likeness (QED) is 0.772. The average molecular weight is 243 g/mol. The minimum Gasteiger partial charge on any atom is -0.383 e. The molecule has 1 aromatic carbocycles. The van der Waals surface area contributed by atoms with Crippen molar-refractivity contribution in [1.29, 1.82) is 0 Å². The number of para-hydroxylation sites is 1. The summed E-state index contributed by atoms with van der Waals surface area (Å²) < 4.78 is 0. The maximum absolute atomic E-state index is 3.59. The molecule has 1 saturated heterocycles. The van der Waals surface area contributed by atoms with Crippen molar-refractivity contribution in [3.63, 3.8) is 0 Å². The zero-order valence-electron chi connectivity index (χ0n) is 10.7. The van der Waals surface area contributed by atoms with Gasteiger partial charge in [-0.05, 0) is 31.9 Å². The van der Waals surface area contributed by atoms with Gasteiger partial charge >= 0.3 is 0 Å². The monoisotopic (exact) mass is 243 g/mol. The predicted molar refractivity (Wildman–Crippen MR) is 77.0 cm³/mol. The van der Waals surface area contributed by atoms with E-state index in [-0.39, 0.29) is 0 Å². The molecule has 3 rings (SSSR count). The van der Waals surface area contributed by atoms with Gasteiger partial charge in [0.1, 0.15) is 0 Å². The van der Waals surface area contributed by atoms with Gasteiger partial charge in [0, 0.05) is 29.7 Å². The van der Waals surface area contributed by atoms with Crippen LogP contribution in [0.1, 0.15) is 25.7 Å². The van der Waals surface area contributed by atoms with Gasteiger partial charge in [-0.1, -0.05) is 24.6 Å². The van der Waals surface area contributed by atoms with Crippen molar-refractivity contribution in [2.24, 2.45) is 0 Å². The van der Waals surface area contributed by atoms with E-state index in [0.29, 0.717) is 6.04 Å². The molecule has 1 fully saturated rings. The Balaban J connectivity index is 1.56. The first-order valence-electron chi connectivity index (χ1n) is 6.97. The molecule has 1 unspecified atom stereocenters. The first-order valence-corrected chi connectivity index (χ1v) is 6.97. The van der Waals surface area contributed by atoms with E-state index in [2.05, 4.69) is 46.1 Å². The molecule has 1 aliphatic heterocycles. The minimum absolute atomic E-state index is 0.705. The predicted octanol–water partition coefficient (Wildman–Crippen LogP) is 3.11. The molecular weight excluding hydrogens is 222 g/mol. The van der Waals surface area contributed by atoms with E-state index >= 15 is 0 Å². The molecule has 3 nitrogen and oxygen atoms in total. The normalized spacial score (nSPS) is 20.1. The Kier molecular flexibility index (Phi) is 3.51. The fourth-order valence-corrected chi connectivity index (χ4v) is 2.77. The molecule has 0 aliphatic carbocycles. The van der Waals surface area contributed by atoms with Gasteiger partial charge < -0.3 is 15.6 Å². The largest absolute Gasteiger partial charge is 0.383 e. The van der Waals surface area contributed by atoms with Gasteiger partial charge in [0.05, 0.1) is 5.69 Å². The Hall–Kier alpha value is -1.48. The highest BCUT2D eigenvalue weighted by Crippen LogP contribution is 2.22. The maximum Gasteiger partial charge on any atom is 0.0597 e. The Labute approximate surface area is 108 Å². The van der Waals surface area contributed by atoms with Gasteiger partial charge in [-0.25, -0.2) is 0 Å². The highest BCUT2D eigenvalue weighted by molar-refractivity contribution is 5.92. The summed E-state index contributed by atoms with van der Waals surface area (Å²) in [5.74, 6) is 0. The van der Waals surface area contributed by atoms with Crippen molar-refractivity contribution in [1.82, 2.24) is 10.3 Å². The molecule has 3 heteroatoms.